The molecule has 6 atom stereocenters. The molecule has 0 saturated carbocycles. The van der Waals surface area contributed by atoms with Crippen LogP contribution in [0.1, 0.15) is 24.1 Å². The van der Waals surface area contributed by atoms with E-state index >= 15 is 0 Å². The van der Waals surface area contributed by atoms with E-state index < -0.39 is 6.29 Å². The average Bonchev–Trinajstić information content (AvgIpc) is 3.13. The third kappa shape index (κ3) is 1.64. The molecule has 0 radical (unpaired) electrons. The zero-order valence-electron chi connectivity index (χ0n) is 12.7. The third-order valence-electron chi connectivity index (χ3n) is 5.62. The van der Waals surface area contributed by atoms with Crippen molar-refractivity contribution in [1.82, 2.24) is 4.90 Å². The number of hydrogen-bond donors (Lipinski definition) is 0. The number of carbonyl (C=O) groups excluding carboxylic acids is 2. The second-order valence-electron chi connectivity index (χ2n) is 6.74. The van der Waals surface area contributed by atoms with Gasteiger partial charge < -0.3 is 14.4 Å². The predicted octanol–water partition coefficient (Wildman–Crippen LogP) is 1.54. The highest BCUT2D eigenvalue weighted by molar-refractivity contribution is 5.91. The Balaban J connectivity index is 1.70. The summed E-state index contributed by atoms with van der Waals surface area (Å²) < 4.78 is 11.2. The zero-order chi connectivity index (χ0) is 15.7. The summed E-state index contributed by atoms with van der Waals surface area (Å²) in [6, 6.07) is 7.66. The van der Waals surface area contributed by atoms with E-state index in [9.17, 15) is 9.59 Å². The van der Waals surface area contributed by atoms with Crippen molar-refractivity contribution in [2.75, 3.05) is 6.61 Å². The highest BCUT2D eigenvalue weighted by atomic mass is 16.7. The van der Waals surface area contributed by atoms with Crippen molar-refractivity contribution in [3.05, 3.63) is 41.6 Å². The summed E-state index contributed by atoms with van der Waals surface area (Å²) in [4.78, 5) is 27.3. The monoisotopic (exact) mass is 311 g/mol. The number of nitrogens with zero attached hydrogens (tertiary/aromatic N) is 1. The fourth-order valence-corrected chi connectivity index (χ4v) is 4.79. The molecular weight excluding hydrogens is 294 g/mol. The SMILES string of the molecule is CC(=O)[C@H]1[C@H]2[C@H](C(=O)[C@@H]3OC[C@H]2O3)[C@@H]2c3ccccc3C=CN12. The standard InChI is InChI=1S/C18H17NO4/c1-9(20)15-13-12-8-22-18(23-12)17(21)14(13)16-11-5-3-2-4-10(11)6-7-19(15)16/h2-7,12-16,18H,8H2,1H3/t12-,13-,14+,15+,16+,18-/m1/s1. The van der Waals surface area contributed by atoms with Gasteiger partial charge >= 0.3 is 0 Å². The van der Waals surface area contributed by atoms with Crippen molar-refractivity contribution >= 4 is 17.6 Å². The molecule has 4 aliphatic heterocycles. The second kappa shape index (κ2) is 4.52. The van der Waals surface area contributed by atoms with Gasteiger partial charge in [-0.1, -0.05) is 24.3 Å². The molecular formula is C18H17NO4. The minimum Gasteiger partial charge on any atom is -0.359 e. The molecule has 0 unspecified atom stereocenters. The van der Waals surface area contributed by atoms with Crippen molar-refractivity contribution in [2.45, 2.75) is 31.4 Å². The summed E-state index contributed by atoms with van der Waals surface area (Å²) in [6.45, 7) is 2.00. The molecule has 1 aromatic rings. The summed E-state index contributed by atoms with van der Waals surface area (Å²) in [6.07, 6.45) is 3.06. The Hall–Kier alpha value is -1.98. The zero-order valence-corrected chi connectivity index (χ0v) is 12.7. The van der Waals surface area contributed by atoms with Crippen LogP contribution in [0.5, 0.6) is 0 Å². The van der Waals surface area contributed by atoms with E-state index in [0.717, 1.165) is 11.1 Å². The van der Waals surface area contributed by atoms with Crippen LogP contribution in [-0.2, 0) is 19.1 Å². The molecule has 4 heterocycles. The molecule has 3 fully saturated rings. The lowest BCUT2D eigenvalue weighted by Crippen LogP contribution is -2.47. The first-order chi connectivity index (χ1) is 11.2. The Morgan fingerprint density at radius 2 is 2.13 bits per heavy atom. The van der Waals surface area contributed by atoms with Crippen LogP contribution < -0.4 is 0 Å². The van der Waals surface area contributed by atoms with Crippen molar-refractivity contribution in [1.29, 1.82) is 0 Å². The van der Waals surface area contributed by atoms with Crippen LogP contribution in [-0.4, -0.2) is 41.5 Å². The van der Waals surface area contributed by atoms with Gasteiger partial charge in [-0.3, -0.25) is 9.59 Å². The van der Waals surface area contributed by atoms with E-state index in [0.29, 0.717) is 6.61 Å². The molecule has 118 valence electrons. The average molecular weight is 311 g/mol. The van der Waals surface area contributed by atoms with Crippen molar-refractivity contribution < 1.29 is 19.1 Å². The molecule has 1 aromatic carbocycles. The Labute approximate surface area is 133 Å². The van der Waals surface area contributed by atoms with Crippen LogP contribution in [0.4, 0.5) is 0 Å². The van der Waals surface area contributed by atoms with Gasteiger partial charge in [0.15, 0.2) is 11.6 Å². The molecule has 5 nitrogen and oxygen atoms in total. The van der Waals surface area contributed by atoms with E-state index in [1.165, 1.54) is 0 Å². The van der Waals surface area contributed by atoms with Gasteiger partial charge in [0, 0.05) is 12.1 Å². The van der Waals surface area contributed by atoms with Gasteiger partial charge in [-0.2, -0.15) is 0 Å². The summed E-state index contributed by atoms with van der Waals surface area (Å²) >= 11 is 0. The van der Waals surface area contributed by atoms with Crippen LogP contribution in [0.25, 0.3) is 6.08 Å². The lowest BCUT2D eigenvalue weighted by molar-refractivity contribution is -0.165. The number of ether oxygens (including phenoxy) is 2. The maximum atomic E-state index is 12.9. The largest absolute Gasteiger partial charge is 0.359 e. The molecule has 4 aliphatic rings. The number of hydrogen-bond acceptors (Lipinski definition) is 5. The highest BCUT2D eigenvalue weighted by Crippen LogP contribution is 2.54. The fraction of sp³-hybridized carbons (Fsp3) is 0.444. The number of carbonyl (C=O) groups is 2. The van der Waals surface area contributed by atoms with Crippen molar-refractivity contribution in [3.63, 3.8) is 0 Å². The smallest absolute Gasteiger partial charge is 0.218 e. The van der Waals surface area contributed by atoms with Crippen LogP contribution in [0.15, 0.2) is 30.5 Å². The first-order valence-corrected chi connectivity index (χ1v) is 8.02. The van der Waals surface area contributed by atoms with E-state index in [-0.39, 0.29) is 41.6 Å². The number of Topliss-reactive ketones (excluding diaryl/α,β-unsaturated/α-hetero) is 2. The topological polar surface area (TPSA) is 55.8 Å². The van der Waals surface area contributed by atoms with Gasteiger partial charge in [-0.15, -0.1) is 0 Å². The molecule has 5 heteroatoms. The summed E-state index contributed by atoms with van der Waals surface area (Å²) in [5.41, 5.74) is 2.23. The van der Waals surface area contributed by atoms with Crippen LogP contribution >= 0.6 is 0 Å². The first-order valence-electron chi connectivity index (χ1n) is 8.02. The minimum atomic E-state index is -0.758. The van der Waals surface area contributed by atoms with E-state index in [4.69, 9.17) is 9.47 Å². The molecule has 0 N–H and O–H groups in total. The molecule has 0 aliphatic carbocycles. The molecule has 2 bridgehead atoms. The lowest BCUT2D eigenvalue weighted by Gasteiger charge is -2.34. The maximum absolute atomic E-state index is 12.9. The Morgan fingerprint density at radius 3 is 2.96 bits per heavy atom. The van der Waals surface area contributed by atoms with Crippen molar-refractivity contribution in [3.8, 4) is 0 Å². The quantitative estimate of drug-likeness (QED) is 0.787. The van der Waals surface area contributed by atoms with E-state index in [2.05, 4.69) is 11.0 Å². The first kappa shape index (κ1) is 13.5. The molecule has 3 saturated heterocycles. The second-order valence-corrected chi connectivity index (χ2v) is 6.74. The predicted molar refractivity (Wildman–Crippen MR) is 81.1 cm³/mol. The van der Waals surface area contributed by atoms with Gasteiger partial charge in [-0.25, -0.2) is 0 Å². The number of rotatable bonds is 1. The molecule has 0 spiro atoms. The maximum Gasteiger partial charge on any atom is 0.218 e. The molecule has 0 aromatic heterocycles. The van der Waals surface area contributed by atoms with Gasteiger partial charge in [0.05, 0.1) is 30.7 Å². The Morgan fingerprint density at radius 1 is 1.30 bits per heavy atom. The van der Waals surface area contributed by atoms with Gasteiger partial charge in [0.1, 0.15) is 0 Å². The van der Waals surface area contributed by atoms with E-state index in [1.54, 1.807) is 6.92 Å². The molecule has 0 amide bonds. The Kier molecular flexibility index (Phi) is 2.65. The summed E-state index contributed by atoms with van der Waals surface area (Å²) in [7, 11) is 0. The number of ketones is 2. The Bertz CT molecular complexity index is 742. The third-order valence-corrected chi connectivity index (χ3v) is 5.62. The van der Waals surface area contributed by atoms with Crippen LogP contribution in [0.3, 0.4) is 0 Å². The van der Waals surface area contributed by atoms with E-state index in [1.807, 2.05) is 30.5 Å². The minimum absolute atomic E-state index is 0.0207. The molecule has 5 rings (SSSR count). The normalized spacial score (nSPS) is 39.9. The molecule has 23 heavy (non-hydrogen) atoms. The fourth-order valence-electron chi connectivity index (χ4n) is 4.79. The number of benzene rings is 1. The van der Waals surface area contributed by atoms with Crippen LogP contribution in [0.2, 0.25) is 0 Å². The summed E-state index contributed by atoms with van der Waals surface area (Å²) in [5.74, 6) is -0.332. The number of fused-ring (bicyclic) bond motifs is 8. The lowest BCUT2D eigenvalue weighted by atomic mass is 9.76. The highest BCUT2D eigenvalue weighted by Gasteiger charge is 2.63. The van der Waals surface area contributed by atoms with Gasteiger partial charge in [0.25, 0.3) is 0 Å². The van der Waals surface area contributed by atoms with Crippen molar-refractivity contribution in [2.24, 2.45) is 11.8 Å². The van der Waals surface area contributed by atoms with Crippen LogP contribution in [0, 0.1) is 11.8 Å². The van der Waals surface area contributed by atoms with Gasteiger partial charge in [0.2, 0.25) is 6.29 Å². The van der Waals surface area contributed by atoms with Gasteiger partial charge in [-0.05, 0) is 24.1 Å². The summed E-state index contributed by atoms with van der Waals surface area (Å²) in [5, 5.41) is 0.